The van der Waals surface area contributed by atoms with Crippen molar-refractivity contribution in [2.45, 2.75) is 26.8 Å². The Balaban J connectivity index is 1.81. The number of rotatable bonds is 2. The van der Waals surface area contributed by atoms with Crippen LogP contribution in [0.5, 0.6) is 0 Å². The molecular weight excluding hydrogens is 244 g/mol. The minimum absolute atomic E-state index is 0.934. The number of aliphatic imine (C=N–C) groups is 1. The molecule has 0 bridgehead atoms. The molecule has 1 aliphatic heterocycles. The maximum Gasteiger partial charge on any atom is 0.102 e. The van der Waals surface area contributed by atoms with Crippen molar-refractivity contribution in [3.8, 4) is 0 Å². The van der Waals surface area contributed by atoms with Gasteiger partial charge in [0, 0.05) is 13.1 Å². The first-order chi connectivity index (χ1) is 9.72. The fourth-order valence-electron chi connectivity index (χ4n) is 2.60. The van der Waals surface area contributed by atoms with Crippen LogP contribution in [0, 0.1) is 6.92 Å². The Hall–Kier alpha value is -2.09. The number of aryl methyl sites for hydroxylation is 1. The van der Waals surface area contributed by atoms with E-state index in [2.05, 4.69) is 67.3 Å². The van der Waals surface area contributed by atoms with Crippen molar-refractivity contribution in [2.24, 2.45) is 4.99 Å². The molecule has 3 rings (SSSR count). The molecule has 0 N–H and O–H groups in total. The Morgan fingerprint density at radius 2 is 1.75 bits per heavy atom. The van der Waals surface area contributed by atoms with Crippen LogP contribution in [-0.2, 0) is 13.0 Å². The Bertz CT molecular complexity index is 626. The number of amidine groups is 1. The van der Waals surface area contributed by atoms with E-state index in [1.807, 2.05) is 0 Å². The summed E-state index contributed by atoms with van der Waals surface area (Å²) in [6, 6.07) is 17.2. The molecule has 0 fully saturated rings. The molecular formula is C18H20N2. The van der Waals surface area contributed by atoms with E-state index in [0.717, 1.165) is 31.0 Å². The van der Waals surface area contributed by atoms with E-state index >= 15 is 0 Å². The average Bonchev–Trinajstić information content (AvgIpc) is 2.61. The molecule has 0 spiro atoms. The van der Waals surface area contributed by atoms with E-state index in [-0.39, 0.29) is 0 Å². The van der Waals surface area contributed by atoms with E-state index < -0.39 is 0 Å². The predicted octanol–water partition coefficient (Wildman–Crippen LogP) is 4.10. The molecule has 0 atom stereocenters. The third-order valence-corrected chi connectivity index (χ3v) is 3.88. The lowest BCUT2D eigenvalue weighted by Gasteiger charge is -2.22. The minimum Gasteiger partial charge on any atom is -0.356 e. The van der Waals surface area contributed by atoms with Gasteiger partial charge in [-0.25, -0.2) is 4.99 Å². The van der Waals surface area contributed by atoms with E-state index in [1.165, 1.54) is 16.7 Å². The summed E-state index contributed by atoms with van der Waals surface area (Å²) >= 11 is 0. The first-order valence-electron chi connectivity index (χ1n) is 7.16. The van der Waals surface area contributed by atoms with Crippen LogP contribution < -0.4 is 0 Å². The van der Waals surface area contributed by atoms with Crippen LogP contribution >= 0.6 is 0 Å². The van der Waals surface area contributed by atoms with Gasteiger partial charge in [0.15, 0.2) is 0 Å². The van der Waals surface area contributed by atoms with Gasteiger partial charge in [0.1, 0.15) is 5.84 Å². The van der Waals surface area contributed by atoms with Crippen LogP contribution in [0.4, 0.5) is 5.69 Å². The lowest BCUT2D eigenvalue weighted by atomic mass is 10.1. The quantitative estimate of drug-likeness (QED) is 0.797. The SMILES string of the molecule is CC1=Nc2ccccc2CCN1Cc1ccc(C)cc1. The van der Waals surface area contributed by atoms with Crippen molar-refractivity contribution < 1.29 is 0 Å². The highest BCUT2D eigenvalue weighted by Gasteiger charge is 2.14. The van der Waals surface area contributed by atoms with Crippen molar-refractivity contribution in [3.63, 3.8) is 0 Å². The van der Waals surface area contributed by atoms with Gasteiger partial charge in [0.25, 0.3) is 0 Å². The summed E-state index contributed by atoms with van der Waals surface area (Å²) in [7, 11) is 0. The molecule has 2 heteroatoms. The molecule has 2 aromatic carbocycles. The van der Waals surface area contributed by atoms with Crippen molar-refractivity contribution >= 4 is 11.5 Å². The van der Waals surface area contributed by atoms with Crippen LogP contribution in [0.25, 0.3) is 0 Å². The highest BCUT2D eigenvalue weighted by molar-refractivity contribution is 5.83. The second kappa shape index (κ2) is 5.49. The van der Waals surface area contributed by atoms with Gasteiger partial charge in [0.05, 0.1) is 5.69 Å². The fraction of sp³-hybridized carbons (Fsp3) is 0.278. The lowest BCUT2D eigenvalue weighted by Crippen LogP contribution is -2.29. The van der Waals surface area contributed by atoms with Gasteiger partial charge >= 0.3 is 0 Å². The zero-order valence-electron chi connectivity index (χ0n) is 12.1. The molecule has 0 saturated heterocycles. The molecule has 2 aromatic rings. The van der Waals surface area contributed by atoms with Crippen LogP contribution in [0.3, 0.4) is 0 Å². The van der Waals surface area contributed by atoms with Crippen molar-refractivity contribution in [2.75, 3.05) is 6.54 Å². The summed E-state index contributed by atoms with van der Waals surface area (Å²) in [6.45, 7) is 6.19. The van der Waals surface area contributed by atoms with Gasteiger partial charge in [-0.3, -0.25) is 0 Å². The van der Waals surface area contributed by atoms with Crippen LogP contribution in [0.2, 0.25) is 0 Å². The third-order valence-electron chi connectivity index (χ3n) is 3.88. The Morgan fingerprint density at radius 1 is 1.00 bits per heavy atom. The zero-order chi connectivity index (χ0) is 13.9. The number of para-hydroxylation sites is 1. The predicted molar refractivity (Wildman–Crippen MR) is 84.5 cm³/mol. The topological polar surface area (TPSA) is 15.6 Å². The Kier molecular flexibility index (Phi) is 3.55. The Labute approximate surface area is 120 Å². The van der Waals surface area contributed by atoms with Gasteiger partial charge in [-0.1, -0.05) is 48.0 Å². The van der Waals surface area contributed by atoms with Gasteiger partial charge in [-0.2, -0.15) is 0 Å². The molecule has 0 radical (unpaired) electrons. The van der Waals surface area contributed by atoms with E-state index in [4.69, 9.17) is 4.99 Å². The summed E-state index contributed by atoms with van der Waals surface area (Å²) in [5, 5.41) is 0. The van der Waals surface area contributed by atoms with Crippen LogP contribution in [0.1, 0.15) is 23.6 Å². The maximum atomic E-state index is 4.78. The smallest absolute Gasteiger partial charge is 0.102 e. The molecule has 102 valence electrons. The van der Waals surface area contributed by atoms with Crippen molar-refractivity contribution in [1.29, 1.82) is 0 Å². The molecule has 1 heterocycles. The maximum absolute atomic E-state index is 4.78. The fourth-order valence-corrected chi connectivity index (χ4v) is 2.60. The number of fused-ring (bicyclic) bond motifs is 1. The molecule has 0 aliphatic carbocycles. The summed E-state index contributed by atoms with van der Waals surface area (Å²) in [6.07, 6.45) is 1.06. The van der Waals surface area contributed by atoms with Crippen LogP contribution in [0.15, 0.2) is 53.5 Å². The average molecular weight is 264 g/mol. The summed E-state index contributed by atoms with van der Waals surface area (Å²) in [5.41, 5.74) is 5.12. The van der Waals surface area contributed by atoms with E-state index in [0.29, 0.717) is 0 Å². The number of hydrogen-bond donors (Lipinski definition) is 0. The molecule has 0 saturated carbocycles. The molecule has 0 unspecified atom stereocenters. The number of nitrogens with zero attached hydrogens (tertiary/aromatic N) is 2. The molecule has 1 aliphatic rings. The van der Waals surface area contributed by atoms with E-state index in [1.54, 1.807) is 0 Å². The second-order valence-corrected chi connectivity index (χ2v) is 5.44. The van der Waals surface area contributed by atoms with Gasteiger partial charge in [0.2, 0.25) is 0 Å². The molecule has 0 amide bonds. The summed E-state index contributed by atoms with van der Waals surface area (Å²) in [5.74, 6) is 1.11. The van der Waals surface area contributed by atoms with Gasteiger partial charge in [-0.05, 0) is 37.5 Å². The standard InChI is InChI=1S/C18H20N2/c1-14-7-9-16(10-8-14)13-20-12-11-17-5-3-4-6-18(17)19-15(20)2/h3-10H,11-13H2,1-2H3. The van der Waals surface area contributed by atoms with Crippen molar-refractivity contribution in [1.82, 2.24) is 4.90 Å². The summed E-state index contributed by atoms with van der Waals surface area (Å²) < 4.78 is 0. The highest BCUT2D eigenvalue weighted by Crippen LogP contribution is 2.23. The number of benzene rings is 2. The zero-order valence-corrected chi connectivity index (χ0v) is 12.1. The Morgan fingerprint density at radius 3 is 2.55 bits per heavy atom. The lowest BCUT2D eigenvalue weighted by molar-refractivity contribution is 0.418. The minimum atomic E-state index is 0.934. The van der Waals surface area contributed by atoms with Gasteiger partial charge < -0.3 is 4.90 Å². The van der Waals surface area contributed by atoms with E-state index in [9.17, 15) is 0 Å². The van der Waals surface area contributed by atoms with Gasteiger partial charge in [-0.15, -0.1) is 0 Å². The largest absolute Gasteiger partial charge is 0.356 e. The first kappa shape index (κ1) is 12.9. The van der Waals surface area contributed by atoms with Crippen molar-refractivity contribution in [3.05, 3.63) is 65.2 Å². The molecule has 2 nitrogen and oxygen atoms in total. The van der Waals surface area contributed by atoms with Crippen LogP contribution in [-0.4, -0.2) is 17.3 Å². The third kappa shape index (κ3) is 2.74. The first-order valence-corrected chi connectivity index (χ1v) is 7.16. The highest BCUT2D eigenvalue weighted by atomic mass is 15.2. The number of hydrogen-bond acceptors (Lipinski definition) is 2. The molecule has 0 aromatic heterocycles. The monoisotopic (exact) mass is 264 g/mol. The molecule has 20 heavy (non-hydrogen) atoms. The summed E-state index contributed by atoms with van der Waals surface area (Å²) in [4.78, 5) is 7.14. The second-order valence-electron chi connectivity index (χ2n) is 5.44. The normalized spacial score (nSPS) is 14.5.